The summed E-state index contributed by atoms with van der Waals surface area (Å²) in [7, 11) is 0. The minimum Gasteiger partial charge on any atom is -0.267 e. The highest BCUT2D eigenvalue weighted by Gasteiger charge is 2.11. The van der Waals surface area contributed by atoms with Gasteiger partial charge in [-0.3, -0.25) is 14.9 Å². The van der Waals surface area contributed by atoms with Gasteiger partial charge in [-0.05, 0) is 24.3 Å². The Balaban J connectivity index is 2.14. The second kappa shape index (κ2) is 7.41. The number of hydrogen-bond donors (Lipinski definition) is 1. The molecule has 0 fully saturated rings. The Morgan fingerprint density at radius 3 is 2.52 bits per heavy atom. The predicted octanol–water partition coefficient (Wildman–Crippen LogP) is 4.32. The van der Waals surface area contributed by atoms with E-state index in [0.29, 0.717) is 10.6 Å². The van der Waals surface area contributed by atoms with E-state index in [1.165, 1.54) is 42.6 Å². The summed E-state index contributed by atoms with van der Waals surface area (Å²) in [6, 6.07) is 8.29. The summed E-state index contributed by atoms with van der Waals surface area (Å²) in [6.07, 6.45) is 1.21. The first-order valence-electron chi connectivity index (χ1n) is 6.11. The van der Waals surface area contributed by atoms with Gasteiger partial charge in [0, 0.05) is 27.7 Å². The van der Waals surface area contributed by atoms with Crippen LogP contribution in [0.1, 0.15) is 15.9 Å². The van der Waals surface area contributed by atoms with Crippen molar-refractivity contribution >= 4 is 52.6 Å². The zero-order chi connectivity index (χ0) is 17.0. The lowest BCUT2D eigenvalue weighted by Gasteiger charge is -2.03. The normalized spacial score (nSPS) is 10.7. The second-order valence-corrected chi connectivity index (χ2v) is 5.54. The SMILES string of the molecule is O=C(NN=Cc1cc([N+](=O)[O-])ccc1Cl)c1ccc(Cl)cc1Cl. The number of nitrogens with one attached hydrogen (secondary N) is 1. The smallest absolute Gasteiger partial charge is 0.267 e. The van der Waals surface area contributed by atoms with Crippen molar-refractivity contribution in [1.29, 1.82) is 0 Å². The predicted molar refractivity (Wildman–Crippen MR) is 89.6 cm³/mol. The molecule has 0 aliphatic carbocycles. The summed E-state index contributed by atoms with van der Waals surface area (Å²) in [5.74, 6) is -0.551. The van der Waals surface area contributed by atoms with Gasteiger partial charge in [0.25, 0.3) is 11.6 Å². The van der Waals surface area contributed by atoms with E-state index in [4.69, 9.17) is 34.8 Å². The molecule has 0 heterocycles. The molecule has 6 nitrogen and oxygen atoms in total. The van der Waals surface area contributed by atoms with Crippen molar-refractivity contribution in [3.63, 3.8) is 0 Å². The maximum atomic E-state index is 11.9. The van der Waals surface area contributed by atoms with E-state index in [1.54, 1.807) is 0 Å². The van der Waals surface area contributed by atoms with Crippen LogP contribution in [-0.4, -0.2) is 17.0 Å². The third-order valence-electron chi connectivity index (χ3n) is 2.74. The highest BCUT2D eigenvalue weighted by Crippen LogP contribution is 2.21. The molecular weight excluding hydrogens is 365 g/mol. The molecule has 0 spiro atoms. The minimum absolute atomic E-state index is 0.136. The largest absolute Gasteiger partial charge is 0.272 e. The molecule has 0 aromatic heterocycles. The zero-order valence-corrected chi connectivity index (χ0v) is 13.6. The number of carbonyl (C=O) groups is 1. The number of hydrazone groups is 1. The van der Waals surface area contributed by atoms with Gasteiger partial charge in [0.05, 0.1) is 21.7 Å². The van der Waals surface area contributed by atoms with E-state index in [1.807, 2.05) is 0 Å². The number of nitro benzene ring substituents is 1. The topological polar surface area (TPSA) is 84.6 Å². The maximum absolute atomic E-state index is 11.9. The first-order valence-corrected chi connectivity index (χ1v) is 7.24. The molecule has 0 saturated heterocycles. The van der Waals surface area contributed by atoms with Crippen LogP contribution in [0.5, 0.6) is 0 Å². The Bertz CT molecular complexity index is 809. The summed E-state index contributed by atoms with van der Waals surface area (Å²) < 4.78 is 0. The molecule has 0 saturated carbocycles. The molecule has 2 rings (SSSR count). The van der Waals surface area contributed by atoms with Gasteiger partial charge in [-0.25, -0.2) is 5.43 Å². The molecule has 1 amide bonds. The van der Waals surface area contributed by atoms with Gasteiger partial charge in [-0.1, -0.05) is 34.8 Å². The average molecular weight is 373 g/mol. The Morgan fingerprint density at radius 2 is 1.87 bits per heavy atom. The van der Waals surface area contributed by atoms with Crippen LogP contribution in [0.25, 0.3) is 0 Å². The number of amides is 1. The Morgan fingerprint density at radius 1 is 1.13 bits per heavy atom. The summed E-state index contributed by atoms with van der Waals surface area (Å²) in [5.41, 5.74) is 2.61. The van der Waals surface area contributed by atoms with Gasteiger partial charge in [0.1, 0.15) is 0 Å². The van der Waals surface area contributed by atoms with Crippen LogP contribution in [0.15, 0.2) is 41.5 Å². The van der Waals surface area contributed by atoms with Crippen molar-refractivity contribution in [2.24, 2.45) is 5.10 Å². The van der Waals surface area contributed by atoms with Crippen LogP contribution < -0.4 is 5.43 Å². The first kappa shape index (κ1) is 17.2. The molecule has 1 N–H and O–H groups in total. The number of rotatable bonds is 4. The summed E-state index contributed by atoms with van der Waals surface area (Å²) in [4.78, 5) is 22.1. The third-order valence-corrected chi connectivity index (χ3v) is 3.63. The zero-order valence-electron chi connectivity index (χ0n) is 11.3. The minimum atomic E-state index is -0.556. The number of halogens is 3. The van der Waals surface area contributed by atoms with Crippen molar-refractivity contribution in [2.75, 3.05) is 0 Å². The highest BCUT2D eigenvalue weighted by atomic mass is 35.5. The van der Waals surface area contributed by atoms with Crippen LogP contribution in [0.2, 0.25) is 15.1 Å². The molecule has 0 unspecified atom stereocenters. The molecule has 23 heavy (non-hydrogen) atoms. The van der Waals surface area contributed by atoms with Crippen LogP contribution in [0.4, 0.5) is 5.69 Å². The Hall–Kier alpha value is -2.15. The lowest BCUT2D eigenvalue weighted by molar-refractivity contribution is -0.384. The number of hydrogen-bond acceptors (Lipinski definition) is 4. The molecule has 0 radical (unpaired) electrons. The number of nitrogens with zero attached hydrogens (tertiary/aromatic N) is 2. The van der Waals surface area contributed by atoms with E-state index >= 15 is 0 Å². The average Bonchev–Trinajstić information content (AvgIpc) is 2.48. The van der Waals surface area contributed by atoms with Crippen LogP contribution >= 0.6 is 34.8 Å². The van der Waals surface area contributed by atoms with Crippen molar-refractivity contribution in [3.8, 4) is 0 Å². The number of carbonyl (C=O) groups excluding carboxylic acids is 1. The van der Waals surface area contributed by atoms with E-state index in [2.05, 4.69) is 10.5 Å². The fourth-order valence-corrected chi connectivity index (χ4v) is 2.30. The Kier molecular flexibility index (Phi) is 5.54. The van der Waals surface area contributed by atoms with Gasteiger partial charge >= 0.3 is 0 Å². The van der Waals surface area contributed by atoms with Crippen LogP contribution in [0, 0.1) is 10.1 Å². The molecule has 0 aliphatic heterocycles. The Labute approximate surface area is 145 Å². The van der Waals surface area contributed by atoms with Gasteiger partial charge in [-0.2, -0.15) is 5.10 Å². The quantitative estimate of drug-likeness (QED) is 0.493. The summed E-state index contributed by atoms with van der Waals surface area (Å²) in [5, 5.41) is 15.3. The van der Waals surface area contributed by atoms with Crippen LogP contribution in [-0.2, 0) is 0 Å². The molecule has 0 bridgehead atoms. The van der Waals surface area contributed by atoms with Crippen molar-refractivity contribution in [3.05, 3.63) is 72.7 Å². The van der Waals surface area contributed by atoms with Gasteiger partial charge in [-0.15, -0.1) is 0 Å². The van der Waals surface area contributed by atoms with E-state index in [9.17, 15) is 14.9 Å². The second-order valence-electron chi connectivity index (χ2n) is 4.29. The molecule has 0 aliphatic rings. The fraction of sp³-hybridized carbons (Fsp3) is 0. The van der Waals surface area contributed by atoms with Crippen LogP contribution in [0.3, 0.4) is 0 Å². The molecule has 9 heteroatoms. The summed E-state index contributed by atoms with van der Waals surface area (Å²) >= 11 is 17.6. The van der Waals surface area contributed by atoms with E-state index < -0.39 is 10.8 Å². The number of nitro groups is 1. The van der Waals surface area contributed by atoms with Crippen molar-refractivity contribution < 1.29 is 9.72 Å². The molecule has 2 aromatic carbocycles. The van der Waals surface area contributed by atoms with E-state index in [-0.39, 0.29) is 21.3 Å². The van der Waals surface area contributed by atoms with Gasteiger partial charge < -0.3 is 0 Å². The third kappa shape index (κ3) is 4.41. The number of benzene rings is 2. The summed E-state index contributed by atoms with van der Waals surface area (Å²) in [6.45, 7) is 0. The standard InChI is InChI=1S/C14H8Cl3N3O3/c15-9-1-3-11(13(17)6-9)14(21)19-18-7-8-5-10(20(22)23)2-4-12(8)16/h1-7H,(H,19,21). The highest BCUT2D eigenvalue weighted by molar-refractivity contribution is 6.36. The number of non-ortho nitro benzene ring substituents is 1. The van der Waals surface area contributed by atoms with Gasteiger partial charge in [0.2, 0.25) is 0 Å². The van der Waals surface area contributed by atoms with E-state index in [0.717, 1.165) is 0 Å². The van der Waals surface area contributed by atoms with Crippen molar-refractivity contribution in [2.45, 2.75) is 0 Å². The lowest BCUT2D eigenvalue weighted by Crippen LogP contribution is -2.18. The maximum Gasteiger partial charge on any atom is 0.272 e. The lowest BCUT2D eigenvalue weighted by atomic mass is 10.2. The monoisotopic (exact) mass is 371 g/mol. The molecular formula is C14H8Cl3N3O3. The molecule has 118 valence electrons. The first-order chi connectivity index (χ1) is 10.9. The van der Waals surface area contributed by atoms with Gasteiger partial charge in [0.15, 0.2) is 0 Å². The van der Waals surface area contributed by atoms with Crippen molar-refractivity contribution in [1.82, 2.24) is 5.43 Å². The molecule has 2 aromatic rings. The fourth-order valence-electron chi connectivity index (χ4n) is 1.64. The molecule has 0 atom stereocenters.